The molecule has 0 unspecified atom stereocenters. The van der Waals surface area contributed by atoms with Crippen LogP contribution in [0.1, 0.15) is 0 Å². The molecule has 4 nitrogen and oxygen atoms in total. The number of rotatable bonds is 0. The summed E-state index contributed by atoms with van der Waals surface area (Å²) >= 11 is 3.53. The van der Waals surface area contributed by atoms with Crippen molar-refractivity contribution in [3.8, 4) is 0 Å². The summed E-state index contributed by atoms with van der Waals surface area (Å²) < 4.78 is 11.5. The molecule has 5 rings (SSSR count). The quantitative estimate of drug-likeness (QED) is 0.236. The second-order valence-corrected chi connectivity index (χ2v) is 6.50. The Bertz CT molecular complexity index is 1380. The Hall–Kier alpha value is -2.60. The zero-order chi connectivity index (χ0) is 16.6. The third kappa shape index (κ3) is 1.58. The van der Waals surface area contributed by atoms with E-state index in [1.165, 1.54) is 6.07 Å². The number of halogens is 1. The van der Waals surface area contributed by atoms with Crippen LogP contribution in [0.15, 0.2) is 59.3 Å². The molecule has 0 fully saturated rings. The SMILES string of the molecule is [B]c1cc2c(=O)oc(=O)c3cc(Br)c4c5ccccc5oc1c4c23. The molecule has 0 atom stereocenters. The van der Waals surface area contributed by atoms with Crippen molar-refractivity contribution in [2.45, 2.75) is 0 Å². The van der Waals surface area contributed by atoms with Crippen molar-refractivity contribution in [3.05, 3.63) is 61.7 Å². The zero-order valence-electron chi connectivity index (χ0n) is 12.1. The van der Waals surface area contributed by atoms with Gasteiger partial charge in [-0.3, -0.25) is 0 Å². The number of fused-ring (bicyclic) bond motifs is 2. The monoisotopic (exact) mass is 376 g/mol. The first kappa shape index (κ1) is 13.8. The number of hydrogen-bond donors (Lipinski definition) is 0. The summed E-state index contributed by atoms with van der Waals surface area (Å²) in [5.41, 5.74) is 0.0773. The molecule has 0 amide bonds. The lowest BCUT2D eigenvalue weighted by Gasteiger charge is -2.14. The van der Waals surface area contributed by atoms with Gasteiger partial charge >= 0.3 is 11.3 Å². The van der Waals surface area contributed by atoms with Gasteiger partial charge in [-0.25, -0.2) is 9.59 Å². The van der Waals surface area contributed by atoms with Crippen molar-refractivity contribution in [1.82, 2.24) is 0 Å². The fourth-order valence-corrected chi connectivity index (χ4v) is 4.00. The molecule has 2 heterocycles. The lowest BCUT2D eigenvalue weighted by molar-refractivity contribution is 0.489. The van der Waals surface area contributed by atoms with Gasteiger partial charge in [-0.05, 0) is 12.1 Å². The molecule has 6 heteroatoms. The van der Waals surface area contributed by atoms with Crippen LogP contribution in [0, 0.1) is 0 Å². The topological polar surface area (TPSA) is 60.4 Å². The molecule has 0 saturated heterocycles. The summed E-state index contributed by atoms with van der Waals surface area (Å²) in [7, 11) is 6.12. The smallest absolute Gasteiger partial charge is 0.346 e. The van der Waals surface area contributed by atoms with Crippen LogP contribution in [0.4, 0.5) is 0 Å². The first-order valence-electron chi connectivity index (χ1n) is 7.18. The van der Waals surface area contributed by atoms with Gasteiger partial charge in [-0.1, -0.05) is 45.7 Å². The van der Waals surface area contributed by atoms with Crippen molar-refractivity contribution < 1.29 is 8.83 Å². The van der Waals surface area contributed by atoms with Crippen LogP contribution in [0.25, 0.3) is 43.5 Å². The molecule has 2 aromatic heterocycles. The predicted molar refractivity (Wildman–Crippen MR) is 97.8 cm³/mol. The number of hydrogen-bond acceptors (Lipinski definition) is 4. The molecule has 0 aliphatic heterocycles. The maximum atomic E-state index is 12.2. The third-order valence-corrected chi connectivity index (χ3v) is 4.96. The van der Waals surface area contributed by atoms with Gasteiger partial charge in [0.1, 0.15) is 19.0 Å². The van der Waals surface area contributed by atoms with Gasteiger partial charge in [0.05, 0.1) is 10.8 Å². The van der Waals surface area contributed by atoms with E-state index < -0.39 is 11.3 Å². The van der Waals surface area contributed by atoms with Gasteiger partial charge in [0, 0.05) is 26.0 Å². The van der Waals surface area contributed by atoms with Crippen LogP contribution >= 0.6 is 15.9 Å². The highest BCUT2D eigenvalue weighted by atomic mass is 79.9. The Kier molecular flexibility index (Phi) is 2.58. The summed E-state index contributed by atoms with van der Waals surface area (Å²) in [4.78, 5) is 24.3. The molecule has 0 bridgehead atoms. The van der Waals surface area contributed by atoms with E-state index in [1.54, 1.807) is 6.07 Å². The van der Waals surface area contributed by atoms with E-state index in [0.29, 0.717) is 37.3 Å². The Balaban J connectivity index is 2.32. The van der Waals surface area contributed by atoms with Crippen molar-refractivity contribution in [1.29, 1.82) is 0 Å². The van der Waals surface area contributed by atoms with E-state index in [0.717, 1.165) is 10.8 Å². The van der Waals surface area contributed by atoms with Gasteiger partial charge in [-0.2, -0.15) is 0 Å². The third-order valence-electron chi connectivity index (χ3n) is 4.33. The minimum atomic E-state index is -0.696. The summed E-state index contributed by atoms with van der Waals surface area (Å²) in [6.07, 6.45) is 0. The first-order valence-corrected chi connectivity index (χ1v) is 7.98. The maximum Gasteiger partial charge on any atom is 0.346 e. The summed E-state index contributed by atoms with van der Waals surface area (Å²) in [5, 5.41) is 3.48. The Labute approximate surface area is 143 Å². The van der Waals surface area contributed by atoms with Crippen LogP contribution in [-0.2, 0) is 0 Å². The van der Waals surface area contributed by atoms with E-state index >= 15 is 0 Å². The molecule has 0 saturated carbocycles. The van der Waals surface area contributed by atoms with Crippen LogP contribution in [0.2, 0.25) is 0 Å². The van der Waals surface area contributed by atoms with Crippen molar-refractivity contribution in [2.75, 3.05) is 0 Å². The highest BCUT2D eigenvalue weighted by Crippen LogP contribution is 2.40. The van der Waals surface area contributed by atoms with Crippen LogP contribution in [0.3, 0.4) is 0 Å². The first-order chi connectivity index (χ1) is 11.6. The highest BCUT2D eigenvalue weighted by molar-refractivity contribution is 9.10. The Morgan fingerprint density at radius 1 is 0.833 bits per heavy atom. The van der Waals surface area contributed by atoms with E-state index in [9.17, 15) is 9.59 Å². The van der Waals surface area contributed by atoms with E-state index in [-0.39, 0.29) is 5.39 Å². The lowest BCUT2D eigenvalue weighted by Crippen LogP contribution is -2.16. The second-order valence-electron chi connectivity index (χ2n) is 5.65. The molecule has 3 aromatic carbocycles. The van der Waals surface area contributed by atoms with Crippen molar-refractivity contribution in [3.63, 3.8) is 0 Å². The molecule has 5 aromatic rings. The average molecular weight is 377 g/mol. The van der Waals surface area contributed by atoms with Gasteiger partial charge in [0.2, 0.25) is 0 Å². The molecule has 0 aliphatic carbocycles. The summed E-state index contributed by atoms with van der Waals surface area (Å²) in [5.74, 6) is 0. The van der Waals surface area contributed by atoms with Gasteiger partial charge < -0.3 is 8.83 Å². The van der Waals surface area contributed by atoms with Crippen LogP contribution in [0.5, 0.6) is 0 Å². The van der Waals surface area contributed by atoms with E-state index in [2.05, 4.69) is 15.9 Å². The number of para-hydroxylation sites is 1. The van der Waals surface area contributed by atoms with Crippen molar-refractivity contribution in [2.24, 2.45) is 0 Å². The van der Waals surface area contributed by atoms with Gasteiger partial charge in [0.15, 0.2) is 0 Å². The fourth-order valence-electron chi connectivity index (χ4n) is 3.36. The maximum absolute atomic E-state index is 12.2. The van der Waals surface area contributed by atoms with Crippen molar-refractivity contribution >= 4 is 72.7 Å². The fraction of sp³-hybridized carbons (Fsp3) is 0. The van der Waals surface area contributed by atoms with Crippen LogP contribution in [-0.4, -0.2) is 7.85 Å². The molecule has 112 valence electrons. The summed E-state index contributed by atoms with van der Waals surface area (Å²) in [6, 6.07) is 10.7. The molecular formula is C18H6BBrO4. The molecular weight excluding hydrogens is 371 g/mol. The average Bonchev–Trinajstić information content (AvgIpc) is 2.57. The lowest BCUT2D eigenvalue weighted by atomic mass is 9.87. The molecule has 0 spiro atoms. The van der Waals surface area contributed by atoms with Gasteiger partial charge in [-0.15, -0.1) is 0 Å². The second kappa shape index (κ2) is 4.48. The largest absolute Gasteiger partial charge is 0.457 e. The Morgan fingerprint density at radius 2 is 1.54 bits per heavy atom. The normalized spacial score (nSPS) is 12.0. The summed E-state index contributed by atoms with van der Waals surface area (Å²) in [6.45, 7) is 0. The molecule has 0 N–H and O–H groups in total. The zero-order valence-corrected chi connectivity index (χ0v) is 13.6. The van der Waals surface area contributed by atoms with E-state index in [4.69, 9.17) is 16.7 Å². The molecule has 24 heavy (non-hydrogen) atoms. The van der Waals surface area contributed by atoms with E-state index in [1.807, 2.05) is 24.3 Å². The molecule has 2 radical (unpaired) electrons. The number of benzene rings is 3. The minimum absolute atomic E-state index is 0.276. The minimum Gasteiger partial charge on any atom is -0.457 e. The molecule has 0 aliphatic rings. The predicted octanol–water partition coefficient (Wildman–Crippen LogP) is 3.20. The van der Waals surface area contributed by atoms with Crippen LogP contribution < -0.4 is 16.7 Å². The Morgan fingerprint density at radius 3 is 2.33 bits per heavy atom. The standard InChI is InChI=1S/C18H6BBrO4/c19-10-5-8-13-9(18(22)24-17(8)21)6-11(20)14-7-3-1-2-4-12(7)23-16(10)15(13)14/h1-6H. The highest BCUT2D eigenvalue weighted by Gasteiger charge is 2.20. The van der Waals surface area contributed by atoms with Gasteiger partial charge in [0.25, 0.3) is 0 Å².